The fourth-order valence-electron chi connectivity index (χ4n) is 4.17. The third kappa shape index (κ3) is 4.27. The first-order valence-corrected chi connectivity index (χ1v) is 11.4. The molecule has 2 atom stereocenters. The van der Waals surface area contributed by atoms with E-state index in [1.54, 1.807) is 18.3 Å². The highest BCUT2D eigenvalue weighted by Gasteiger charge is 2.41. The summed E-state index contributed by atoms with van der Waals surface area (Å²) in [4.78, 5) is 18.1. The van der Waals surface area contributed by atoms with Crippen LogP contribution in [0.3, 0.4) is 0 Å². The van der Waals surface area contributed by atoms with Crippen LogP contribution < -0.4 is 5.32 Å². The summed E-state index contributed by atoms with van der Waals surface area (Å²) in [7, 11) is 0. The van der Waals surface area contributed by atoms with E-state index in [1.165, 1.54) is 12.1 Å². The molecule has 0 radical (unpaired) electrons. The second-order valence-corrected chi connectivity index (χ2v) is 8.74. The lowest BCUT2D eigenvalue weighted by atomic mass is 10.0. The number of carboxylic acids is 1. The van der Waals surface area contributed by atoms with Crippen molar-refractivity contribution in [2.45, 2.75) is 18.6 Å². The van der Waals surface area contributed by atoms with Gasteiger partial charge in [-0.3, -0.25) is 4.98 Å². The predicted molar refractivity (Wildman–Crippen MR) is 134 cm³/mol. The van der Waals surface area contributed by atoms with Crippen molar-refractivity contribution in [3.8, 4) is 11.3 Å². The van der Waals surface area contributed by atoms with Crippen LogP contribution in [0.5, 0.6) is 0 Å². The van der Waals surface area contributed by atoms with Crippen LogP contribution >= 0.6 is 23.8 Å². The molecule has 1 aliphatic rings. The van der Waals surface area contributed by atoms with Crippen LogP contribution in [0.4, 0.5) is 0 Å². The molecule has 4 aromatic rings. The summed E-state index contributed by atoms with van der Waals surface area (Å²) >= 11 is 12.1. The number of aromatic carboxylic acids is 1. The molecule has 0 unspecified atom stereocenters. The Morgan fingerprint density at radius 3 is 2.62 bits per heavy atom. The van der Waals surface area contributed by atoms with Crippen molar-refractivity contribution in [2.24, 2.45) is 0 Å². The van der Waals surface area contributed by atoms with Gasteiger partial charge in [0.15, 0.2) is 5.11 Å². The van der Waals surface area contributed by atoms with Gasteiger partial charge in [0.25, 0.3) is 0 Å². The molecule has 0 amide bonds. The van der Waals surface area contributed by atoms with E-state index in [0.717, 1.165) is 11.3 Å². The summed E-state index contributed by atoms with van der Waals surface area (Å²) in [6.07, 6.45) is 1.75. The zero-order valence-electron chi connectivity index (χ0n) is 17.9. The number of hydrogen-bond donors (Lipinski definition) is 2. The third-order valence-corrected chi connectivity index (χ3v) is 6.47. The lowest BCUT2D eigenvalue weighted by molar-refractivity contribution is 0.0697. The van der Waals surface area contributed by atoms with E-state index in [2.05, 4.69) is 27.3 Å². The molecule has 1 aliphatic heterocycles. The van der Waals surface area contributed by atoms with Gasteiger partial charge in [0, 0.05) is 18.3 Å². The Kier molecular flexibility index (Phi) is 6.04. The van der Waals surface area contributed by atoms with Crippen molar-refractivity contribution in [1.29, 1.82) is 0 Å². The first-order valence-electron chi connectivity index (χ1n) is 10.7. The van der Waals surface area contributed by atoms with Gasteiger partial charge >= 0.3 is 5.97 Å². The highest BCUT2D eigenvalue weighted by Crippen LogP contribution is 2.42. The molecule has 6 nitrogen and oxygen atoms in total. The van der Waals surface area contributed by atoms with E-state index >= 15 is 0 Å². The lowest BCUT2D eigenvalue weighted by Gasteiger charge is -2.26. The number of carbonyl (C=O) groups is 1. The maximum absolute atomic E-state index is 11.5. The Morgan fingerprint density at radius 2 is 1.88 bits per heavy atom. The molecule has 1 saturated heterocycles. The Bertz CT molecular complexity index is 1340. The number of thiocarbonyl (C=S) groups is 1. The average Bonchev–Trinajstić information content (AvgIpc) is 3.45. The third-order valence-electron chi connectivity index (χ3n) is 5.79. The number of rotatable bonds is 6. The number of hydrogen-bond acceptors (Lipinski definition) is 4. The zero-order valence-corrected chi connectivity index (χ0v) is 19.5. The summed E-state index contributed by atoms with van der Waals surface area (Å²) in [6.45, 7) is 0.589. The number of nitrogens with one attached hydrogen (secondary N) is 1. The summed E-state index contributed by atoms with van der Waals surface area (Å²) in [5.74, 6) is 0.130. The molecule has 0 bridgehead atoms. The first-order chi connectivity index (χ1) is 16.5. The van der Waals surface area contributed by atoms with Gasteiger partial charge < -0.3 is 19.7 Å². The van der Waals surface area contributed by atoms with Crippen molar-refractivity contribution >= 4 is 34.9 Å². The van der Waals surface area contributed by atoms with Gasteiger partial charge in [0.1, 0.15) is 17.6 Å². The Balaban J connectivity index is 1.56. The second-order valence-electron chi connectivity index (χ2n) is 7.94. The number of furan rings is 1. The van der Waals surface area contributed by atoms with Crippen LogP contribution in [0.1, 0.15) is 39.5 Å². The van der Waals surface area contributed by atoms with Gasteiger partial charge in [-0.1, -0.05) is 48.0 Å². The molecule has 170 valence electrons. The molecule has 0 spiro atoms. The second kappa shape index (κ2) is 9.29. The fourth-order valence-corrected chi connectivity index (χ4v) is 4.68. The van der Waals surface area contributed by atoms with Gasteiger partial charge in [0.05, 0.1) is 22.3 Å². The van der Waals surface area contributed by atoms with Crippen LogP contribution in [-0.2, 0) is 6.54 Å². The van der Waals surface area contributed by atoms with E-state index in [-0.39, 0.29) is 17.6 Å². The Morgan fingerprint density at radius 1 is 1.09 bits per heavy atom. The number of nitrogens with zero attached hydrogens (tertiary/aromatic N) is 2. The summed E-state index contributed by atoms with van der Waals surface area (Å²) < 4.78 is 6.29. The summed E-state index contributed by atoms with van der Waals surface area (Å²) in [5, 5.41) is 13.8. The molecule has 8 heteroatoms. The molecule has 0 aliphatic carbocycles. The minimum absolute atomic E-state index is 0.137. The molecular formula is C26H20ClN3O3S. The highest BCUT2D eigenvalue weighted by molar-refractivity contribution is 7.80. The van der Waals surface area contributed by atoms with Crippen LogP contribution in [0.15, 0.2) is 89.5 Å². The van der Waals surface area contributed by atoms with Crippen molar-refractivity contribution in [2.75, 3.05) is 0 Å². The molecule has 5 rings (SSSR count). The quantitative estimate of drug-likeness (QED) is 0.328. The van der Waals surface area contributed by atoms with E-state index in [4.69, 9.17) is 28.2 Å². The minimum atomic E-state index is -1.03. The SMILES string of the molecule is O=C(O)c1ccc(Cl)c(-c2ccc([C@H]3[C@@H](c4ccccn4)NC(=S)N3Cc3ccccc3)o2)c1. The number of carboxylic acid groups (broad SMARTS) is 1. The monoisotopic (exact) mass is 489 g/mol. The highest BCUT2D eigenvalue weighted by atomic mass is 35.5. The molecule has 2 N–H and O–H groups in total. The first kappa shape index (κ1) is 22.1. The molecule has 1 fully saturated rings. The predicted octanol–water partition coefficient (Wildman–Crippen LogP) is 5.87. The minimum Gasteiger partial charge on any atom is -0.478 e. The van der Waals surface area contributed by atoms with Gasteiger partial charge in [-0.2, -0.15) is 0 Å². The van der Waals surface area contributed by atoms with Crippen molar-refractivity contribution in [1.82, 2.24) is 15.2 Å². The maximum Gasteiger partial charge on any atom is 0.335 e. The van der Waals surface area contributed by atoms with Gasteiger partial charge in [-0.25, -0.2) is 4.79 Å². The van der Waals surface area contributed by atoms with E-state index in [1.807, 2.05) is 42.5 Å². The van der Waals surface area contributed by atoms with Gasteiger partial charge in [-0.15, -0.1) is 0 Å². The lowest BCUT2D eigenvalue weighted by Crippen LogP contribution is -2.29. The molecular weight excluding hydrogens is 470 g/mol. The molecule has 3 heterocycles. The van der Waals surface area contributed by atoms with Crippen molar-refractivity contribution in [3.05, 3.63) is 113 Å². The molecule has 2 aromatic heterocycles. The smallest absolute Gasteiger partial charge is 0.335 e. The fraction of sp³-hybridized carbons (Fsp3) is 0.115. The van der Waals surface area contributed by atoms with Gasteiger partial charge in [0.2, 0.25) is 0 Å². The maximum atomic E-state index is 11.5. The van der Waals surface area contributed by atoms with E-state index in [9.17, 15) is 9.90 Å². The number of aromatic nitrogens is 1. The van der Waals surface area contributed by atoms with Crippen LogP contribution in [-0.4, -0.2) is 26.1 Å². The topological polar surface area (TPSA) is 78.6 Å². The largest absolute Gasteiger partial charge is 0.478 e. The normalized spacial score (nSPS) is 17.6. The van der Waals surface area contributed by atoms with Crippen molar-refractivity contribution < 1.29 is 14.3 Å². The summed E-state index contributed by atoms with van der Waals surface area (Å²) in [6, 6.07) is 23.6. The molecule has 2 aromatic carbocycles. The van der Waals surface area contributed by atoms with Crippen LogP contribution in [0.2, 0.25) is 5.02 Å². The molecule has 34 heavy (non-hydrogen) atoms. The number of pyridine rings is 1. The van der Waals surface area contributed by atoms with E-state index < -0.39 is 5.97 Å². The number of benzene rings is 2. The van der Waals surface area contributed by atoms with Crippen LogP contribution in [0, 0.1) is 0 Å². The van der Waals surface area contributed by atoms with E-state index in [0.29, 0.717) is 33.8 Å². The Hall–Kier alpha value is -3.68. The standard InChI is InChI=1S/C26H20ClN3O3S/c27-19-10-9-17(25(31)32)14-18(19)21-11-12-22(33-21)24-23(20-8-4-5-13-28-20)29-26(34)30(24)15-16-6-2-1-3-7-16/h1-14,23-24H,15H2,(H,29,34)(H,31,32)/t23-,24+/m1/s1. The number of halogens is 1. The Labute approximate surface area is 206 Å². The van der Waals surface area contributed by atoms with Crippen molar-refractivity contribution in [3.63, 3.8) is 0 Å². The average molecular weight is 490 g/mol. The van der Waals surface area contributed by atoms with Gasteiger partial charge in [-0.05, 0) is 60.2 Å². The van der Waals surface area contributed by atoms with Crippen LogP contribution in [0.25, 0.3) is 11.3 Å². The zero-order chi connectivity index (χ0) is 23.7. The summed E-state index contributed by atoms with van der Waals surface area (Å²) in [5.41, 5.74) is 2.61. The molecule has 0 saturated carbocycles.